The van der Waals surface area contributed by atoms with E-state index in [1.54, 1.807) is 0 Å². The third-order valence-corrected chi connectivity index (χ3v) is 2.00. The average molecular weight is 210 g/mol. The second-order valence-electron chi connectivity index (χ2n) is 3.40. The number of aliphatic hydroxyl groups excluding tert-OH is 1. The smallest absolute Gasteiger partial charge is 0.337 e. The lowest BCUT2D eigenvalue weighted by atomic mass is 10.2. The first-order valence-electron chi connectivity index (χ1n) is 4.67. The van der Waals surface area contributed by atoms with Gasteiger partial charge in [-0.25, -0.2) is 4.79 Å². The van der Waals surface area contributed by atoms with Gasteiger partial charge in [0.05, 0.1) is 17.4 Å². The van der Waals surface area contributed by atoms with Crippen molar-refractivity contribution in [3.05, 3.63) is 24.0 Å². The van der Waals surface area contributed by atoms with Gasteiger partial charge in [-0.1, -0.05) is 6.92 Å². The van der Waals surface area contributed by atoms with Gasteiger partial charge >= 0.3 is 5.97 Å². The Morgan fingerprint density at radius 2 is 2.40 bits per heavy atom. The quantitative estimate of drug-likeness (QED) is 0.670. The maximum atomic E-state index is 10.8. The number of aromatic carboxylic acids is 1. The van der Waals surface area contributed by atoms with Crippen molar-refractivity contribution in [3.8, 4) is 0 Å². The van der Waals surface area contributed by atoms with Crippen LogP contribution >= 0.6 is 0 Å². The fraction of sp³-hybridized carbons (Fsp3) is 0.400. The number of carboxylic acid groups (broad SMARTS) is 1. The Kier molecular flexibility index (Phi) is 4.05. The molecule has 0 aliphatic carbocycles. The summed E-state index contributed by atoms with van der Waals surface area (Å²) in [4.78, 5) is 14.7. The van der Waals surface area contributed by atoms with Crippen molar-refractivity contribution in [2.75, 3.05) is 18.5 Å². The molecular formula is C10H14N2O3. The van der Waals surface area contributed by atoms with Crippen molar-refractivity contribution in [1.29, 1.82) is 0 Å². The molecular weight excluding hydrogens is 196 g/mol. The third kappa shape index (κ3) is 3.21. The molecule has 0 aliphatic heterocycles. The Balaban J connectivity index is 2.72. The molecule has 0 fully saturated rings. The molecule has 0 amide bonds. The third-order valence-electron chi connectivity index (χ3n) is 2.00. The van der Waals surface area contributed by atoms with Gasteiger partial charge in [0.25, 0.3) is 0 Å². The summed E-state index contributed by atoms with van der Waals surface area (Å²) >= 11 is 0. The van der Waals surface area contributed by atoms with Gasteiger partial charge in [0, 0.05) is 19.3 Å². The molecule has 0 saturated heterocycles. The highest BCUT2D eigenvalue weighted by atomic mass is 16.4. The van der Waals surface area contributed by atoms with Gasteiger partial charge in [-0.2, -0.15) is 0 Å². The first-order valence-corrected chi connectivity index (χ1v) is 4.67. The Bertz CT molecular complexity index is 341. The zero-order chi connectivity index (χ0) is 11.3. The lowest BCUT2D eigenvalue weighted by Gasteiger charge is -2.12. The Morgan fingerprint density at radius 1 is 1.67 bits per heavy atom. The van der Waals surface area contributed by atoms with Crippen molar-refractivity contribution in [2.24, 2.45) is 5.92 Å². The number of hydrogen-bond acceptors (Lipinski definition) is 4. The largest absolute Gasteiger partial charge is 0.478 e. The molecule has 0 aromatic carbocycles. The van der Waals surface area contributed by atoms with E-state index in [2.05, 4.69) is 10.3 Å². The minimum atomic E-state index is -0.989. The number of aliphatic hydroxyl groups is 1. The lowest BCUT2D eigenvalue weighted by Crippen LogP contribution is -2.16. The molecule has 1 heterocycles. The van der Waals surface area contributed by atoms with Crippen molar-refractivity contribution < 1.29 is 15.0 Å². The summed E-state index contributed by atoms with van der Waals surface area (Å²) in [6, 6.07) is 1.44. The van der Waals surface area contributed by atoms with Gasteiger partial charge < -0.3 is 15.5 Å². The maximum absolute atomic E-state index is 10.8. The van der Waals surface area contributed by atoms with Crippen LogP contribution in [0, 0.1) is 5.92 Å². The molecule has 0 bridgehead atoms. The number of nitrogens with one attached hydrogen (secondary N) is 1. The van der Waals surface area contributed by atoms with Crippen LogP contribution in [0.5, 0.6) is 0 Å². The molecule has 1 aromatic rings. The highest BCUT2D eigenvalue weighted by Crippen LogP contribution is 2.13. The summed E-state index contributed by atoms with van der Waals surface area (Å²) in [7, 11) is 0. The molecule has 0 spiro atoms. The summed E-state index contributed by atoms with van der Waals surface area (Å²) in [5.41, 5.74) is 0.667. The van der Waals surface area contributed by atoms with E-state index in [1.165, 1.54) is 18.5 Å². The Labute approximate surface area is 87.8 Å². The SMILES string of the molecule is CC(CO)CNc1cnccc1C(=O)O. The zero-order valence-electron chi connectivity index (χ0n) is 8.47. The van der Waals surface area contributed by atoms with E-state index in [-0.39, 0.29) is 18.1 Å². The fourth-order valence-corrected chi connectivity index (χ4v) is 1.07. The number of rotatable bonds is 5. The Morgan fingerprint density at radius 3 is 3.00 bits per heavy atom. The van der Waals surface area contributed by atoms with Crippen LogP contribution in [0.15, 0.2) is 18.5 Å². The van der Waals surface area contributed by atoms with Crippen LogP contribution in [0.2, 0.25) is 0 Å². The number of nitrogens with zero attached hydrogens (tertiary/aromatic N) is 1. The predicted molar refractivity (Wildman–Crippen MR) is 55.9 cm³/mol. The second kappa shape index (κ2) is 5.31. The number of carboxylic acids is 1. The molecule has 82 valence electrons. The summed E-state index contributed by atoms with van der Waals surface area (Å²) < 4.78 is 0. The van der Waals surface area contributed by atoms with E-state index in [4.69, 9.17) is 10.2 Å². The number of carbonyl (C=O) groups is 1. The molecule has 5 nitrogen and oxygen atoms in total. The highest BCUT2D eigenvalue weighted by molar-refractivity contribution is 5.93. The Hall–Kier alpha value is -1.62. The molecule has 0 aliphatic rings. The number of aromatic nitrogens is 1. The van der Waals surface area contributed by atoms with Gasteiger partial charge in [-0.3, -0.25) is 4.98 Å². The zero-order valence-corrected chi connectivity index (χ0v) is 8.47. The van der Waals surface area contributed by atoms with Gasteiger partial charge in [0.15, 0.2) is 0 Å². The first kappa shape index (κ1) is 11.5. The van der Waals surface area contributed by atoms with Crippen LogP contribution in [0.25, 0.3) is 0 Å². The van der Waals surface area contributed by atoms with E-state index >= 15 is 0 Å². The fourth-order valence-electron chi connectivity index (χ4n) is 1.07. The van der Waals surface area contributed by atoms with E-state index < -0.39 is 5.97 Å². The first-order chi connectivity index (χ1) is 7.15. The van der Waals surface area contributed by atoms with E-state index in [1.807, 2.05) is 6.92 Å². The number of pyridine rings is 1. The summed E-state index contributed by atoms with van der Waals surface area (Å²) in [5.74, 6) is -0.914. The van der Waals surface area contributed by atoms with Gasteiger partial charge in [0.1, 0.15) is 0 Å². The minimum Gasteiger partial charge on any atom is -0.478 e. The predicted octanol–water partition coefficient (Wildman–Crippen LogP) is 0.820. The molecule has 15 heavy (non-hydrogen) atoms. The van der Waals surface area contributed by atoms with E-state index in [0.717, 1.165) is 0 Å². The lowest BCUT2D eigenvalue weighted by molar-refractivity contribution is 0.0698. The maximum Gasteiger partial charge on any atom is 0.337 e. The highest BCUT2D eigenvalue weighted by Gasteiger charge is 2.09. The van der Waals surface area contributed by atoms with Gasteiger partial charge in [0.2, 0.25) is 0 Å². The van der Waals surface area contributed by atoms with E-state index in [9.17, 15) is 4.79 Å². The molecule has 3 N–H and O–H groups in total. The summed E-state index contributed by atoms with van der Waals surface area (Å²) in [6.07, 6.45) is 2.90. The van der Waals surface area contributed by atoms with Gasteiger partial charge in [-0.05, 0) is 12.0 Å². The molecule has 5 heteroatoms. The summed E-state index contributed by atoms with van der Waals surface area (Å²) in [5, 5.41) is 20.6. The molecule has 1 unspecified atom stereocenters. The normalized spacial score (nSPS) is 12.1. The van der Waals surface area contributed by atoms with Crippen molar-refractivity contribution >= 4 is 11.7 Å². The van der Waals surface area contributed by atoms with Gasteiger partial charge in [-0.15, -0.1) is 0 Å². The standard InChI is InChI=1S/C10H14N2O3/c1-7(6-13)4-12-9-5-11-3-2-8(9)10(14)15/h2-3,5,7,12-13H,4,6H2,1H3,(H,14,15). The molecule has 1 rings (SSSR count). The molecule has 1 aromatic heterocycles. The second-order valence-corrected chi connectivity index (χ2v) is 3.40. The van der Waals surface area contributed by atoms with E-state index in [0.29, 0.717) is 12.2 Å². The molecule has 0 radical (unpaired) electrons. The monoisotopic (exact) mass is 210 g/mol. The number of anilines is 1. The molecule has 1 atom stereocenters. The van der Waals surface area contributed by atoms with Crippen LogP contribution in [0.3, 0.4) is 0 Å². The van der Waals surface area contributed by atoms with Crippen LogP contribution < -0.4 is 5.32 Å². The van der Waals surface area contributed by atoms with Crippen LogP contribution in [0.1, 0.15) is 17.3 Å². The molecule has 0 saturated carbocycles. The van der Waals surface area contributed by atoms with Crippen LogP contribution in [-0.4, -0.2) is 34.3 Å². The topological polar surface area (TPSA) is 82.5 Å². The van der Waals surface area contributed by atoms with Crippen molar-refractivity contribution in [1.82, 2.24) is 4.98 Å². The van der Waals surface area contributed by atoms with Crippen LogP contribution in [-0.2, 0) is 0 Å². The number of hydrogen-bond donors (Lipinski definition) is 3. The minimum absolute atomic E-state index is 0.0651. The van der Waals surface area contributed by atoms with Crippen LogP contribution in [0.4, 0.5) is 5.69 Å². The summed E-state index contributed by atoms with van der Waals surface area (Å²) in [6.45, 7) is 2.45. The van der Waals surface area contributed by atoms with Crippen molar-refractivity contribution in [3.63, 3.8) is 0 Å². The average Bonchev–Trinajstić information content (AvgIpc) is 2.26. The van der Waals surface area contributed by atoms with Crippen molar-refractivity contribution in [2.45, 2.75) is 6.92 Å².